The number of piperidine rings is 1. The van der Waals surface area contributed by atoms with Crippen LogP contribution in [-0.2, 0) is 0 Å². The van der Waals surface area contributed by atoms with E-state index in [9.17, 15) is 0 Å². The zero-order valence-corrected chi connectivity index (χ0v) is 10.5. The monoisotopic (exact) mass is 219 g/mol. The van der Waals surface area contributed by atoms with E-state index >= 15 is 0 Å². The van der Waals surface area contributed by atoms with Crippen LogP contribution >= 0.6 is 0 Å². The molecule has 0 aromatic carbocycles. The van der Waals surface area contributed by atoms with E-state index in [0.717, 1.165) is 18.1 Å². The van der Waals surface area contributed by atoms with Crippen molar-refractivity contribution < 1.29 is 0 Å². The summed E-state index contributed by atoms with van der Waals surface area (Å²) >= 11 is 0. The minimum absolute atomic E-state index is 0.524. The van der Waals surface area contributed by atoms with Gasteiger partial charge in [0.05, 0.1) is 0 Å². The number of hydrogen-bond acceptors (Lipinski definition) is 3. The summed E-state index contributed by atoms with van der Waals surface area (Å²) in [5, 5.41) is 0. The van der Waals surface area contributed by atoms with Crippen LogP contribution in [0.15, 0.2) is 12.3 Å². The number of aromatic nitrogens is 2. The second-order valence-electron chi connectivity index (χ2n) is 4.98. The van der Waals surface area contributed by atoms with Crippen LogP contribution < -0.4 is 0 Å². The Hall–Kier alpha value is -0.960. The van der Waals surface area contributed by atoms with Crippen LogP contribution in [0.1, 0.15) is 44.1 Å². The van der Waals surface area contributed by atoms with Crippen molar-refractivity contribution >= 4 is 0 Å². The fraction of sp³-hybridized carbons (Fsp3) is 0.692. The van der Waals surface area contributed by atoms with Crippen molar-refractivity contribution in [2.24, 2.45) is 0 Å². The minimum Gasteiger partial charge on any atom is -0.300 e. The average Bonchev–Trinajstić information content (AvgIpc) is 2.29. The lowest BCUT2D eigenvalue weighted by atomic mass is 9.96. The number of hydrogen-bond donors (Lipinski definition) is 0. The summed E-state index contributed by atoms with van der Waals surface area (Å²) in [6.45, 7) is 8.90. The molecule has 0 amide bonds. The molecule has 0 radical (unpaired) electrons. The number of nitrogens with zero attached hydrogens (tertiary/aromatic N) is 3. The van der Waals surface area contributed by atoms with Gasteiger partial charge in [0.15, 0.2) is 0 Å². The van der Waals surface area contributed by atoms with Gasteiger partial charge in [0.25, 0.3) is 0 Å². The SMILES string of the molecule is Cc1ccnc([C@@H]2CCCN(C(C)C)C2)n1. The van der Waals surface area contributed by atoms with E-state index in [1.165, 1.54) is 19.4 Å². The molecule has 0 unspecified atom stereocenters. The Morgan fingerprint density at radius 3 is 2.94 bits per heavy atom. The van der Waals surface area contributed by atoms with Gasteiger partial charge < -0.3 is 4.90 Å². The average molecular weight is 219 g/mol. The molecule has 3 nitrogen and oxygen atoms in total. The molecule has 2 rings (SSSR count). The normalized spacial score (nSPS) is 22.6. The van der Waals surface area contributed by atoms with Crippen LogP contribution in [0.5, 0.6) is 0 Å². The van der Waals surface area contributed by atoms with E-state index in [0.29, 0.717) is 12.0 Å². The molecule has 0 saturated carbocycles. The summed E-state index contributed by atoms with van der Waals surface area (Å²) in [5.74, 6) is 1.56. The van der Waals surface area contributed by atoms with E-state index in [1.54, 1.807) is 0 Å². The molecule has 0 spiro atoms. The van der Waals surface area contributed by atoms with E-state index in [4.69, 9.17) is 0 Å². The quantitative estimate of drug-likeness (QED) is 0.764. The second kappa shape index (κ2) is 4.91. The van der Waals surface area contributed by atoms with Crippen molar-refractivity contribution in [1.82, 2.24) is 14.9 Å². The lowest BCUT2D eigenvalue weighted by Crippen LogP contribution is -2.39. The largest absolute Gasteiger partial charge is 0.300 e. The van der Waals surface area contributed by atoms with Crippen LogP contribution in [0.4, 0.5) is 0 Å². The van der Waals surface area contributed by atoms with Crippen molar-refractivity contribution in [2.75, 3.05) is 13.1 Å². The second-order valence-corrected chi connectivity index (χ2v) is 4.98. The van der Waals surface area contributed by atoms with Crippen LogP contribution in [-0.4, -0.2) is 34.0 Å². The van der Waals surface area contributed by atoms with E-state index < -0.39 is 0 Å². The molecule has 1 aliphatic heterocycles. The Morgan fingerprint density at radius 2 is 2.25 bits per heavy atom. The van der Waals surface area contributed by atoms with Crippen molar-refractivity contribution in [3.8, 4) is 0 Å². The minimum atomic E-state index is 0.524. The Bertz CT molecular complexity index is 349. The first-order valence-corrected chi connectivity index (χ1v) is 6.20. The highest BCUT2D eigenvalue weighted by atomic mass is 15.2. The van der Waals surface area contributed by atoms with Crippen molar-refractivity contribution in [2.45, 2.75) is 45.6 Å². The lowest BCUT2D eigenvalue weighted by Gasteiger charge is -2.34. The van der Waals surface area contributed by atoms with Gasteiger partial charge in [0.1, 0.15) is 5.82 Å². The predicted octanol–water partition coefficient (Wildman–Crippen LogP) is 2.37. The molecular formula is C13H21N3. The topological polar surface area (TPSA) is 29.0 Å². The first-order valence-electron chi connectivity index (χ1n) is 6.20. The van der Waals surface area contributed by atoms with Gasteiger partial charge >= 0.3 is 0 Å². The molecule has 88 valence electrons. The molecule has 1 aromatic rings. The molecule has 0 aliphatic carbocycles. The summed E-state index contributed by atoms with van der Waals surface area (Å²) < 4.78 is 0. The fourth-order valence-electron chi connectivity index (χ4n) is 2.35. The lowest BCUT2D eigenvalue weighted by molar-refractivity contribution is 0.164. The first kappa shape index (κ1) is 11.5. The van der Waals surface area contributed by atoms with Gasteiger partial charge in [-0.3, -0.25) is 0 Å². The molecule has 16 heavy (non-hydrogen) atoms. The third-order valence-corrected chi connectivity index (χ3v) is 3.36. The predicted molar refractivity (Wildman–Crippen MR) is 65.5 cm³/mol. The molecule has 1 aliphatic rings. The highest BCUT2D eigenvalue weighted by Crippen LogP contribution is 2.25. The standard InChI is InChI=1S/C13H21N3/c1-10(2)16-8-4-5-12(9-16)13-14-7-6-11(3)15-13/h6-7,10,12H,4-5,8-9H2,1-3H3/t12-/m1/s1. The van der Waals surface area contributed by atoms with Crippen LogP contribution in [0, 0.1) is 6.92 Å². The number of aryl methyl sites for hydroxylation is 1. The van der Waals surface area contributed by atoms with Gasteiger partial charge in [0.2, 0.25) is 0 Å². The molecule has 2 heterocycles. The van der Waals surface area contributed by atoms with Gasteiger partial charge in [-0.15, -0.1) is 0 Å². The smallest absolute Gasteiger partial charge is 0.132 e. The summed E-state index contributed by atoms with van der Waals surface area (Å²) in [6, 6.07) is 2.60. The van der Waals surface area contributed by atoms with Gasteiger partial charge in [-0.05, 0) is 46.2 Å². The molecule has 0 bridgehead atoms. The third-order valence-electron chi connectivity index (χ3n) is 3.36. The Kier molecular flexibility index (Phi) is 3.54. The van der Waals surface area contributed by atoms with Crippen molar-refractivity contribution in [3.63, 3.8) is 0 Å². The van der Waals surface area contributed by atoms with Gasteiger partial charge in [0, 0.05) is 30.4 Å². The van der Waals surface area contributed by atoms with Gasteiger partial charge in [-0.25, -0.2) is 9.97 Å². The first-order chi connectivity index (χ1) is 7.66. The maximum atomic E-state index is 4.55. The van der Waals surface area contributed by atoms with Crippen molar-refractivity contribution in [3.05, 3.63) is 23.8 Å². The maximum absolute atomic E-state index is 4.55. The highest BCUT2D eigenvalue weighted by Gasteiger charge is 2.24. The molecule has 3 heteroatoms. The van der Waals surface area contributed by atoms with Gasteiger partial charge in [-0.2, -0.15) is 0 Å². The van der Waals surface area contributed by atoms with Crippen LogP contribution in [0.25, 0.3) is 0 Å². The molecule has 0 N–H and O–H groups in total. The Morgan fingerprint density at radius 1 is 1.44 bits per heavy atom. The molecule has 1 atom stereocenters. The van der Waals surface area contributed by atoms with Gasteiger partial charge in [-0.1, -0.05) is 0 Å². The van der Waals surface area contributed by atoms with Crippen LogP contribution in [0.3, 0.4) is 0 Å². The summed E-state index contributed by atoms with van der Waals surface area (Å²) in [6.07, 6.45) is 4.37. The van der Waals surface area contributed by atoms with Crippen LogP contribution in [0.2, 0.25) is 0 Å². The molecular weight excluding hydrogens is 198 g/mol. The highest BCUT2D eigenvalue weighted by molar-refractivity contribution is 5.05. The fourth-order valence-corrected chi connectivity index (χ4v) is 2.35. The molecule has 1 saturated heterocycles. The van der Waals surface area contributed by atoms with E-state index in [1.807, 2.05) is 19.2 Å². The van der Waals surface area contributed by atoms with Crippen molar-refractivity contribution in [1.29, 1.82) is 0 Å². The third kappa shape index (κ3) is 2.59. The molecule has 1 fully saturated rings. The Balaban J connectivity index is 2.09. The Labute approximate surface area is 97.9 Å². The molecule has 1 aromatic heterocycles. The zero-order valence-electron chi connectivity index (χ0n) is 10.5. The van der Waals surface area contributed by atoms with E-state index in [-0.39, 0.29) is 0 Å². The van der Waals surface area contributed by atoms with E-state index in [2.05, 4.69) is 28.7 Å². The zero-order chi connectivity index (χ0) is 11.5. The summed E-state index contributed by atoms with van der Waals surface area (Å²) in [7, 11) is 0. The summed E-state index contributed by atoms with van der Waals surface area (Å²) in [5.41, 5.74) is 1.08. The maximum Gasteiger partial charge on any atom is 0.132 e. The number of likely N-dealkylation sites (tertiary alicyclic amines) is 1. The number of rotatable bonds is 2. The summed E-state index contributed by atoms with van der Waals surface area (Å²) in [4.78, 5) is 11.5.